The highest BCUT2D eigenvalue weighted by Gasteiger charge is 2.26. The summed E-state index contributed by atoms with van der Waals surface area (Å²) in [7, 11) is 0. The summed E-state index contributed by atoms with van der Waals surface area (Å²) in [6.45, 7) is 4.19. The number of aromatic nitrogens is 2. The van der Waals surface area contributed by atoms with Gasteiger partial charge in [0.15, 0.2) is 0 Å². The van der Waals surface area contributed by atoms with E-state index in [2.05, 4.69) is 22.3 Å². The van der Waals surface area contributed by atoms with Gasteiger partial charge in [0, 0.05) is 11.8 Å². The van der Waals surface area contributed by atoms with Crippen LogP contribution in [0, 0.1) is 12.8 Å². The Morgan fingerprint density at radius 3 is 2.94 bits per heavy atom. The molecule has 2 unspecified atom stereocenters. The molecule has 0 spiro atoms. The average molecular weight is 250 g/mol. The number of aryl methyl sites for hydroxylation is 1. The van der Waals surface area contributed by atoms with Crippen LogP contribution in [0.4, 0.5) is 5.95 Å². The van der Waals surface area contributed by atoms with E-state index in [0.717, 1.165) is 18.4 Å². The lowest BCUT2D eigenvalue weighted by atomic mass is 9.85. The number of nitrogens with one attached hydrogen (secondary N) is 1. The van der Waals surface area contributed by atoms with Gasteiger partial charge in [-0.15, -0.1) is 0 Å². The van der Waals surface area contributed by atoms with Gasteiger partial charge in [0.1, 0.15) is 6.10 Å². The number of hydrogen-bond donors (Lipinski definition) is 2. The summed E-state index contributed by atoms with van der Waals surface area (Å²) in [6.07, 6.45) is 8.12. The molecule has 1 aliphatic rings. The highest BCUT2D eigenvalue weighted by Crippen LogP contribution is 2.30. The third-order valence-electron chi connectivity index (χ3n) is 3.68. The van der Waals surface area contributed by atoms with E-state index in [0.29, 0.717) is 17.7 Å². The zero-order valence-corrected chi connectivity index (χ0v) is 11.1. The van der Waals surface area contributed by atoms with Crippen LogP contribution < -0.4 is 16.0 Å². The van der Waals surface area contributed by atoms with Crippen molar-refractivity contribution in [3.8, 4) is 5.88 Å². The number of hydrogen-bond acceptors (Lipinski definition) is 5. The average Bonchev–Trinajstić information content (AvgIpc) is 2.42. The van der Waals surface area contributed by atoms with Gasteiger partial charge >= 0.3 is 0 Å². The van der Waals surface area contributed by atoms with Crippen LogP contribution in [-0.4, -0.2) is 16.1 Å². The molecular weight excluding hydrogens is 228 g/mol. The predicted octanol–water partition coefficient (Wildman–Crippen LogP) is 2.42. The fraction of sp³-hybridized carbons (Fsp3) is 0.692. The summed E-state index contributed by atoms with van der Waals surface area (Å²) >= 11 is 0. The molecule has 2 rings (SSSR count). The van der Waals surface area contributed by atoms with Crippen molar-refractivity contribution in [1.29, 1.82) is 0 Å². The molecule has 1 heterocycles. The molecule has 0 amide bonds. The van der Waals surface area contributed by atoms with Crippen molar-refractivity contribution in [3.05, 3.63) is 11.8 Å². The lowest BCUT2D eigenvalue weighted by Crippen LogP contribution is -2.30. The number of nitrogens with zero attached hydrogens (tertiary/aromatic N) is 2. The highest BCUT2D eigenvalue weighted by molar-refractivity contribution is 5.31. The van der Waals surface area contributed by atoms with E-state index in [1.54, 1.807) is 6.20 Å². The van der Waals surface area contributed by atoms with Crippen molar-refractivity contribution in [1.82, 2.24) is 9.97 Å². The number of anilines is 1. The second-order valence-corrected chi connectivity index (χ2v) is 4.94. The van der Waals surface area contributed by atoms with Crippen molar-refractivity contribution < 1.29 is 4.74 Å². The van der Waals surface area contributed by atoms with Crippen molar-refractivity contribution in [3.63, 3.8) is 0 Å². The second kappa shape index (κ2) is 6.00. The molecule has 0 bridgehead atoms. The molecule has 0 radical (unpaired) electrons. The summed E-state index contributed by atoms with van der Waals surface area (Å²) in [5, 5.41) is 0. The van der Waals surface area contributed by atoms with Gasteiger partial charge in [-0.25, -0.2) is 10.8 Å². The minimum atomic E-state index is 0.281. The predicted molar refractivity (Wildman–Crippen MR) is 71.2 cm³/mol. The molecule has 1 fully saturated rings. The van der Waals surface area contributed by atoms with Crippen LogP contribution in [0.1, 0.15) is 44.6 Å². The van der Waals surface area contributed by atoms with Gasteiger partial charge in [-0.1, -0.05) is 13.3 Å². The fourth-order valence-electron chi connectivity index (χ4n) is 2.55. The van der Waals surface area contributed by atoms with Crippen molar-refractivity contribution in [2.45, 2.75) is 52.1 Å². The van der Waals surface area contributed by atoms with Gasteiger partial charge in [-0.05, 0) is 38.5 Å². The first-order valence-corrected chi connectivity index (χ1v) is 6.71. The van der Waals surface area contributed by atoms with E-state index in [-0.39, 0.29) is 6.10 Å². The molecule has 2 atom stereocenters. The molecule has 1 aromatic rings. The number of rotatable bonds is 4. The Bertz CT molecular complexity index is 397. The molecule has 0 aliphatic heterocycles. The zero-order chi connectivity index (χ0) is 13.0. The fourth-order valence-corrected chi connectivity index (χ4v) is 2.55. The maximum absolute atomic E-state index is 6.09. The Kier molecular flexibility index (Phi) is 4.36. The van der Waals surface area contributed by atoms with E-state index in [4.69, 9.17) is 10.6 Å². The molecule has 1 aliphatic carbocycles. The van der Waals surface area contributed by atoms with Crippen LogP contribution in [0.25, 0.3) is 0 Å². The van der Waals surface area contributed by atoms with E-state index in [9.17, 15) is 0 Å². The maximum Gasteiger partial charge on any atom is 0.240 e. The standard InChI is InChI=1S/C13H22N4O/c1-3-10-6-4-5-7-11(10)18-12-9(2)8-15-13(16-12)17-14/h8,10-11H,3-7,14H2,1-2H3,(H,15,16,17). The molecule has 1 saturated carbocycles. The summed E-state index contributed by atoms with van der Waals surface area (Å²) < 4.78 is 6.09. The second-order valence-electron chi connectivity index (χ2n) is 4.94. The smallest absolute Gasteiger partial charge is 0.240 e. The van der Waals surface area contributed by atoms with Crippen molar-refractivity contribution in [2.75, 3.05) is 5.43 Å². The van der Waals surface area contributed by atoms with Crippen LogP contribution in [-0.2, 0) is 0 Å². The molecule has 0 saturated heterocycles. The topological polar surface area (TPSA) is 73.1 Å². The molecule has 5 heteroatoms. The maximum atomic E-state index is 6.09. The number of ether oxygens (including phenoxy) is 1. The molecule has 3 N–H and O–H groups in total. The first-order chi connectivity index (χ1) is 8.74. The van der Waals surface area contributed by atoms with Gasteiger partial charge in [-0.3, -0.25) is 5.43 Å². The largest absolute Gasteiger partial charge is 0.474 e. The zero-order valence-electron chi connectivity index (χ0n) is 11.1. The third-order valence-corrected chi connectivity index (χ3v) is 3.68. The Balaban J connectivity index is 2.11. The Hall–Kier alpha value is -1.36. The summed E-state index contributed by atoms with van der Waals surface area (Å²) in [5.74, 6) is 7.02. The summed E-state index contributed by atoms with van der Waals surface area (Å²) in [6, 6.07) is 0. The minimum Gasteiger partial charge on any atom is -0.474 e. The van der Waals surface area contributed by atoms with Crippen LogP contribution in [0.15, 0.2) is 6.20 Å². The minimum absolute atomic E-state index is 0.281. The number of nitrogen functional groups attached to an aromatic ring is 1. The van der Waals surface area contributed by atoms with Crippen LogP contribution in [0.2, 0.25) is 0 Å². The quantitative estimate of drug-likeness (QED) is 0.634. The summed E-state index contributed by atoms with van der Waals surface area (Å²) in [4.78, 5) is 8.35. The van der Waals surface area contributed by atoms with E-state index >= 15 is 0 Å². The van der Waals surface area contributed by atoms with Crippen molar-refractivity contribution in [2.24, 2.45) is 11.8 Å². The van der Waals surface area contributed by atoms with Gasteiger partial charge in [0.05, 0.1) is 0 Å². The van der Waals surface area contributed by atoms with E-state index in [1.165, 1.54) is 19.3 Å². The third kappa shape index (κ3) is 2.90. The molecule has 100 valence electrons. The summed E-state index contributed by atoms with van der Waals surface area (Å²) in [5.41, 5.74) is 3.41. The van der Waals surface area contributed by atoms with Gasteiger partial charge in [-0.2, -0.15) is 4.98 Å². The lowest BCUT2D eigenvalue weighted by molar-refractivity contribution is 0.0851. The SMILES string of the molecule is CCC1CCCCC1Oc1nc(NN)ncc1C. The Morgan fingerprint density at radius 2 is 2.22 bits per heavy atom. The lowest BCUT2D eigenvalue weighted by Gasteiger charge is -2.31. The van der Waals surface area contributed by atoms with Gasteiger partial charge < -0.3 is 4.74 Å². The molecule has 5 nitrogen and oxygen atoms in total. The van der Waals surface area contributed by atoms with E-state index in [1.807, 2.05) is 6.92 Å². The Labute approximate surface area is 108 Å². The van der Waals surface area contributed by atoms with Gasteiger partial charge in [0.25, 0.3) is 0 Å². The Morgan fingerprint density at radius 1 is 1.44 bits per heavy atom. The first-order valence-electron chi connectivity index (χ1n) is 6.71. The molecular formula is C13H22N4O. The highest BCUT2D eigenvalue weighted by atomic mass is 16.5. The number of nitrogens with two attached hydrogens (primary N) is 1. The molecule has 18 heavy (non-hydrogen) atoms. The monoisotopic (exact) mass is 250 g/mol. The van der Waals surface area contributed by atoms with Gasteiger partial charge in [0.2, 0.25) is 11.8 Å². The number of hydrazine groups is 1. The van der Waals surface area contributed by atoms with E-state index < -0.39 is 0 Å². The van der Waals surface area contributed by atoms with Crippen LogP contribution in [0.3, 0.4) is 0 Å². The van der Waals surface area contributed by atoms with Crippen molar-refractivity contribution >= 4 is 5.95 Å². The molecule has 1 aromatic heterocycles. The van der Waals surface area contributed by atoms with Crippen LogP contribution >= 0.6 is 0 Å². The van der Waals surface area contributed by atoms with Crippen LogP contribution in [0.5, 0.6) is 5.88 Å². The normalized spacial score (nSPS) is 23.7. The first kappa shape index (κ1) is 13.1. The molecule has 0 aromatic carbocycles.